The molecule has 2 heterocycles. The summed E-state index contributed by atoms with van der Waals surface area (Å²) in [6, 6.07) is 12.5. The fourth-order valence-electron chi connectivity index (χ4n) is 3.04. The van der Waals surface area contributed by atoms with Crippen LogP contribution in [-0.4, -0.2) is 15.4 Å². The van der Waals surface area contributed by atoms with Crippen LogP contribution < -0.4 is 5.73 Å². The summed E-state index contributed by atoms with van der Waals surface area (Å²) in [5, 5.41) is 12.9. The molecule has 0 unspecified atom stereocenters. The Bertz CT molecular complexity index is 1020. The molecule has 0 aliphatic heterocycles. The first-order chi connectivity index (χ1) is 13.0. The van der Waals surface area contributed by atoms with Gasteiger partial charge in [0.15, 0.2) is 11.4 Å². The molecule has 2 aromatic carbocycles. The number of anilines is 1. The van der Waals surface area contributed by atoms with Crippen LogP contribution in [0.15, 0.2) is 40.9 Å². The largest absolute Gasteiger partial charge is 0.382 e. The van der Waals surface area contributed by atoms with Crippen molar-refractivity contribution >= 4 is 27.7 Å². The molecule has 0 bridgehead atoms. The Morgan fingerprint density at radius 3 is 2.04 bits per heavy atom. The van der Waals surface area contributed by atoms with Crippen LogP contribution in [0.3, 0.4) is 0 Å². The molecular formula is C23H30N4O. The third kappa shape index (κ3) is 4.03. The van der Waals surface area contributed by atoms with E-state index in [2.05, 4.69) is 87.2 Å². The maximum absolute atomic E-state index is 5.69. The Morgan fingerprint density at radius 1 is 0.857 bits per heavy atom. The summed E-state index contributed by atoms with van der Waals surface area (Å²) in [6.45, 7) is 15.1. The van der Waals surface area contributed by atoms with E-state index in [-0.39, 0.29) is 10.8 Å². The first kappa shape index (κ1) is 19.9. The number of benzene rings is 2. The Hall–Kier alpha value is -2.82. The second-order valence-corrected chi connectivity index (χ2v) is 9.35. The summed E-state index contributed by atoms with van der Waals surface area (Å²) >= 11 is 0. The van der Waals surface area contributed by atoms with Crippen LogP contribution in [0.5, 0.6) is 0 Å². The molecule has 0 aliphatic rings. The molecule has 148 valence electrons. The lowest BCUT2D eigenvalue weighted by Gasteiger charge is -2.18. The number of aromatic nitrogens is 3. The molecular weight excluding hydrogens is 348 g/mol. The van der Waals surface area contributed by atoms with Crippen LogP contribution >= 0.6 is 0 Å². The van der Waals surface area contributed by atoms with Gasteiger partial charge in [-0.1, -0.05) is 58.8 Å². The predicted molar refractivity (Wildman–Crippen MR) is 117 cm³/mol. The molecule has 0 spiro atoms. The molecule has 0 aliphatic carbocycles. The summed E-state index contributed by atoms with van der Waals surface area (Å²) in [4.78, 5) is 0. The van der Waals surface area contributed by atoms with Gasteiger partial charge < -0.3 is 10.3 Å². The van der Waals surface area contributed by atoms with Crippen LogP contribution in [0, 0.1) is 6.92 Å². The molecule has 0 amide bonds. The quantitative estimate of drug-likeness (QED) is 0.400. The number of nitrogens with two attached hydrogens (primary N) is 1. The molecule has 28 heavy (non-hydrogen) atoms. The number of hydrogen-bond acceptors (Lipinski definition) is 4. The van der Waals surface area contributed by atoms with Gasteiger partial charge in [-0.25, -0.2) is 0 Å². The maximum Gasteiger partial charge on any atom is 0.167 e. The van der Waals surface area contributed by atoms with Gasteiger partial charge >= 0.3 is 0 Å². The van der Waals surface area contributed by atoms with E-state index in [1.807, 2.05) is 13.0 Å². The Balaban J connectivity index is 0.000000161. The van der Waals surface area contributed by atoms with Crippen molar-refractivity contribution in [1.29, 1.82) is 0 Å². The number of nitrogen functional groups attached to an aromatic ring is 1. The lowest BCUT2D eigenvalue weighted by atomic mass is 9.87. The Morgan fingerprint density at radius 2 is 1.43 bits per heavy atom. The Kier molecular flexibility index (Phi) is 4.96. The number of fused-ring (bicyclic) bond motifs is 2. The number of hydrogen-bond donors (Lipinski definition) is 2. The molecule has 0 atom stereocenters. The molecule has 4 rings (SSSR count). The smallest absolute Gasteiger partial charge is 0.167 e. The number of nitrogens with one attached hydrogen (secondary N) is 1. The predicted octanol–water partition coefficient (Wildman–Crippen LogP) is 5.88. The average Bonchev–Trinajstić information content (AvgIpc) is 3.17. The molecule has 0 radical (unpaired) electrons. The second kappa shape index (κ2) is 6.97. The first-order valence-corrected chi connectivity index (χ1v) is 9.57. The zero-order valence-electron chi connectivity index (χ0n) is 17.8. The van der Waals surface area contributed by atoms with Crippen LogP contribution in [0.4, 0.5) is 5.82 Å². The van der Waals surface area contributed by atoms with Gasteiger partial charge in [-0.15, -0.1) is 0 Å². The van der Waals surface area contributed by atoms with Crippen LogP contribution in [0.2, 0.25) is 0 Å². The van der Waals surface area contributed by atoms with Crippen LogP contribution in [0.1, 0.15) is 58.4 Å². The van der Waals surface area contributed by atoms with Crippen molar-refractivity contribution < 1.29 is 4.52 Å². The van der Waals surface area contributed by atoms with Crippen molar-refractivity contribution in [2.45, 2.75) is 59.3 Å². The van der Waals surface area contributed by atoms with Crippen LogP contribution in [0.25, 0.3) is 21.9 Å². The fraction of sp³-hybridized carbons (Fsp3) is 0.391. The first-order valence-electron chi connectivity index (χ1n) is 9.57. The van der Waals surface area contributed by atoms with Crippen molar-refractivity contribution in [1.82, 2.24) is 15.4 Å². The van der Waals surface area contributed by atoms with E-state index in [0.29, 0.717) is 5.82 Å². The molecule has 5 nitrogen and oxygen atoms in total. The van der Waals surface area contributed by atoms with Crippen molar-refractivity contribution in [2.24, 2.45) is 0 Å². The molecule has 5 heteroatoms. The maximum atomic E-state index is 5.69. The average molecular weight is 379 g/mol. The standard InChI is InChI=1S/C12H15NO.C11H15N3/c1-8-10-6-5-9(12(2,3)4)7-11(10)14-13-8;1-11(2,3)7-4-5-8-9(6-7)13-14-10(8)12/h5-7H,1-4H3;4-6H,1-3H3,(H3,12,13,14). The highest BCUT2D eigenvalue weighted by atomic mass is 16.5. The van der Waals surface area contributed by atoms with Crippen LogP contribution in [-0.2, 0) is 10.8 Å². The minimum atomic E-state index is 0.161. The van der Waals surface area contributed by atoms with E-state index in [4.69, 9.17) is 10.3 Å². The lowest BCUT2D eigenvalue weighted by molar-refractivity contribution is 0.449. The van der Waals surface area contributed by atoms with Gasteiger partial charge in [0.25, 0.3) is 0 Å². The molecule has 0 fully saturated rings. The van der Waals surface area contributed by atoms with E-state index in [1.54, 1.807) is 0 Å². The normalized spacial score (nSPS) is 12.2. The summed E-state index contributed by atoms with van der Waals surface area (Å²) in [6.07, 6.45) is 0. The zero-order chi connectivity index (χ0) is 20.7. The molecule has 0 saturated heterocycles. The molecule has 0 saturated carbocycles. The third-order valence-electron chi connectivity index (χ3n) is 4.98. The van der Waals surface area contributed by atoms with Gasteiger partial charge in [-0.05, 0) is 53.1 Å². The number of aryl methyl sites for hydroxylation is 1. The summed E-state index contributed by atoms with van der Waals surface area (Å²) in [5.41, 5.74) is 11.4. The zero-order valence-corrected chi connectivity index (χ0v) is 17.8. The topological polar surface area (TPSA) is 80.7 Å². The van der Waals surface area contributed by atoms with E-state index in [1.165, 1.54) is 11.1 Å². The third-order valence-corrected chi connectivity index (χ3v) is 4.98. The van der Waals surface area contributed by atoms with E-state index < -0.39 is 0 Å². The van der Waals surface area contributed by atoms with E-state index in [9.17, 15) is 0 Å². The lowest BCUT2D eigenvalue weighted by Crippen LogP contribution is -2.10. The molecule has 3 N–H and O–H groups in total. The van der Waals surface area contributed by atoms with E-state index in [0.717, 1.165) is 27.6 Å². The molecule has 2 aromatic heterocycles. The van der Waals surface area contributed by atoms with Crippen molar-refractivity contribution in [3.8, 4) is 0 Å². The van der Waals surface area contributed by atoms with Gasteiger partial charge in [0, 0.05) is 10.8 Å². The van der Waals surface area contributed by atoms with Gasteiger partial charge in [-0.2, -0.15) is 5.10 Å². The van der Waals surface area contributed by atoms with Crippen molar-refractivity contribution in [3.05, 3.63) is 53.2 Å². The summed E-state index contributed by atoms with van der Waals surface area (Å²) in [5.74, 6) is 0.570. The number of H-pyrrole nitrogens is 1. The SMILES string of the molecule is CC(C)(C)c1ccc2c(N)n[nH]c2c1.Cc1noc2cc(C(C)(C)C)ccc12. The minimum Gasteiger partial charge on any atom is -0.382 e. The minimum absolute atomic E-state index is 0.161. The van der Waals surface area contributed by atoms with Gasteiger partial charge in [-0.3, -0.25) is 5.10 Å². The number of nitrogens with zero attached hydrogens (tertiary/aromatic N) is 2. The highest BCUT2D eigenvalue weighted by Crippen LogP contribution is 2.28. The van der Waals surface area contributed by atoms with Gasteiger partial charge in [0.1, 0.15) is 0 Å². The van der Waals surface area contributed by atoms with Gasteiger partial charge in [0.05, 0.1) is 11.2 Å². The Labute approximate surface area is 166 Å². The summed E-state index contributed by atoms with van der Waals surface area (Å²) in [7, 11) is 0. The highest BCUT2D eigenvalue weighted by Gasteiger charge is 2.16. The number of rotatable bonds is 0. The fourth-order valence-corrected chi connectivity index (χ4v) is 3.04. The monoisotopic (exact) mass is 378 g/mol. The van der Waals surface area contributed by atoms with E-state index >= 15 is 0 Å². The number of aromatic amines is 1. The van der Waals surface area contributed by atoms with Crippen molar-refractivity contribution in [2.75, 3.05) is 5.73 Å². The van der Waals surface area contributed by atoms with Crippen molar-refractivity contribution in [3.63, 3.8) is 0 Å². The second-order valence-electron chi connectivity index (χ2n) is 9.35. The molecule has 4 aromatic rings. The summed E-state index contributed by atoms with van der Waals surface area (Å²) < 4.78 is 5.23. The highest BCUT2D eigenvalue weighted by molar-refractivity contribution is 5.89. The van der Waals surface area contributed by atoms with Gasteiger partial charge in [0.2, 0.25) is 0 Å².